The lowest BCUT2D eigenvalue weighted by Crippen LogP contribution is -2.40. The predicted octanol–water partition coefficient (Wildman–Crippen LogP) is 5.20. The second-order valence-electron chi connectivity index (χ2n) is 9.95. The van der Waals surface area contributed by atoms with E-state index in [1.165, 1.54) is 42.4 Å². The summed E-state index contributed by atoms with van der Waals surface area (Å²) >= 11 is 5.95. The van der Waals surface area contributed by atoms with E-state index >= 15 is 0 Å². The summed E-state index contributed by atoms with van der Waals surface area (Å²) in [6.07, 6.45) is 10.1. The summed E-state index contributed by atoms with van der Waals surface area (Å²) in [5.41, 5.74) is 3.17. The van der Waals surface area contributed by atoms with Gasteiger partial charge in [0.15, 0.2) is 12.0 Å². The molecule has 0 bridgehead atoms. The number of nitrogens with one attached hydrogen (secondary N) is 2. The molecule has 0 unspecified atom stereocenters. The number of nitrogens with zero attached hydrogens (tertiary/aromatic N) is 4. The standard InChI is InChI=1S/C28H32ClFN6O2/c1-37-26-16-24-21(27(36(18-31)19-33-24)34-20-4-5-23(30)22(29)14-20)15-25(26)32-9-2-3-10-35-11-6-28(7-12-35)8-13-38-17-28/h2-5,14-16,32-33H,6-13,17,19H2,1H3/b3-2+,34-27?. The van der Waals surface area contributed by atoms with Gasteiger partial charge in [0.05, 0.1) is 35.8 Å². The number of fused-ring (bicyclic) bond motifs is 1. The maximum Gasteiger partial charge on any atom is 0.187 e. The highest BCUT2D eigenvalue weighted by molar-refractivity contribution is 6.31. The van der Waals surface area contributed by atoms with E-state index in [1.54, 1.807) is 7.11 Å². The Bertz CT molecular complexity index is 1260. The van der Waals surface area contributed by atoms with Gasteiger partial charge in [-0.05, 0) is 62.0 Å². The van der Waals surface area contributed by atoms with E-state index in [0.29, 0.717) is 29.2 Å². The monoisotopic (exact) mass is 538 g/mol. The summed E-state index contributed by atoms with van der Waals surface area (Å²) in [5.74, 6) is 0.607. The summed E-state index contributed by atoms with van der Waals surface area (Å²) in [5, 5.41) is 16.3. The summed E-state index contributed by atoms with van der Waals surface area (Å²) in [4.78, 5) is 8.56. The number of likely N-dealkylation sites (tertiary alicyclic amines) is 1. The van der Waals surface area contributed by atoms with Gasteiger partial charge in [0.2, 0.25) is 0 Å². The summed E-state index contributed by atoms with van der Waals surface area (Å²) < 4.78 is 24.9. The molecule has 5 rings (SSSR count). The molecule has 3 heterocycles. The van der Waals surface area contributed by atoms with Crippen molar-refractivity contribution in [3.63, 3.8) is 0 Å². The molecule has 200 valence electrons. The first-order valence-electron chi connectivity index (χ1n) is 12.9. The first kappa shape index (κ1) is 26.3. The van der Waals surface area contributed by atoms with Crippen molar-refractivity contribution in [2.24, 2.45) is 10.4 Å². The van der Waals surface area contributed by atoms with Crippen molar-refractivity contribution in [2.45, 2.75) is 19.3 Å². The SMILES string of the molecule is COc1cc2c(cc1NC/C=C/CN1CCC3(CCOC3)CC1)C(=Nc1ccc(F)c(Cl)c1)N(C#N)CN2. The van der Waals surface area contributed by atoms with Crippen LogP contribution in [0.15, 0.2) is 47.5 Å². The molecule has 10 heteroatoms. The van der Waals surface area contributed by atoms with Gasteiger partial charge >= 0.3 is 0 Å². The van der Waals surface area contributed by atoms with E-state index in [0.717, 1.165) is 49.8 Å². The molecule has 0 atom stereocenters. The number of amidine groups is 1. The molecule has 2 fully saturated rings. The lowest BCUT2D eigenvalue weighted by atomic mass is 9.78. The maximum atomic E-state index is 13.6. The van der Waals surface area contributed by atoms with Crippen molar-refractivity contribution in [1.29, 1.82) is 5.26 Å². The number of benzene rings is 2. The van der Waals surface area contributed by atoms with Crippen LogP contribution >= 0.6 is 11.6 Å². The fraction of sp³-hybridized carbons (Fsp3) is 0.429. The minimum atomic E-state index is -0.518. The number of hydrogen-bond donors (Lipinski definition) is 2. The maximum absolute atomic E-state index is 13.6. The van der Waals surface area contributed by atoms with Crippen LogP contribution in [0.3, 0.4) is 0 Å². The highest BCUT2D eigenvalue weighted by Crippen LogP contribution is 2.39. The van der Waals surface area contributed by atoms with Crippen LogP contribution in [-0.2, 0) is 4.74 Å². The van der Waals surface area contributed by atoms with E-state index < -0.39 is 5.82 Å². The largest absolute Gasteiger partial charge is 0.495 e. The molecule has 0 amide bonds. The van der Waals surface area contributed by atoms with E-state index in [9.17, 15) is 9.65 Å². The van der Waals surface area contributed by atoms with Crippen LogP contribution in [0.1, 0.15) is 24.8 Å². The van der Waals surface area contributed by atoms with Gasteiger partial charge < -0.3 is 20.1 Å². The van der Waals surface area contributed by atoms with Gasteiger partial charge in [-0.2, -0.15) is 5.26 Å². The van der Waals surface area contributed by atoms with Crippen LogP contribution in [0.25, 0.3) is 0 Å². The molecule has 3 aliphatic heterocycles. The molecular weight excluding hydrogens is 507 g/mol. The van der Waals surface area contributed by atoms with Crippen molar-refractivity contribution in [1.82, 2.24) is 9.80 Å². The van der Waals surface area contributed by atoms with Crippen LogP contribution in [0.4, 0.5) is 21.5 Å². The third-order valence-electron chi connectivity index (χ3n) is 7.57. The molecule has 8 nitrogen and oxygen atoms in total. The third kappa shape index (κ3) is 5.73. The topological polar surface area (TPSA) is 85.2 Å². The van der Waals surface area contributed by atoms with Gasteiger partial charge in [0.25, 0.3) is 0 Å². The predicted molar refractivity (Wildman–Crippen MR) is 148 cm³/mol. The Labute approximate surface area is 227 Å². The Morgan fingerprint density at radius 3 is 2.82 bits per heavy atom. The molecular formula is C28H32ClFN6O2. The molecule has 0 radical (unpaired) electrons. The zero-order valence-corrected chi connectivity index (χ0v) is 22.2. The molecule has 2 aromatic carbocycles. The first-order chi connectivity index (χ1) is 18.5. The van der Waals surface area contributed by atoms with Crippen molar-refractivity contribution in [3.8, 4) is 11.9 Å². The summed E-state index contributed by atoms with van der Waals surface area (Å²) in [7, 11) is 1.63. The first-order valence-corrected chi connectivity index (χ1v) is 13.2. The molecule has 2 N–H and O–H groups in total. The van der Waals surface area contributed by atoms with E-state index in [-0.39, 0.29) is 11.7 Å². The Balaban J connectivity index is 1.27. The summed E-state index contributed by atoms with van der Waals surface area (Å²) in [6, 6.07) is 8.04. The second kappa shape index (κ2) is 11.6. The quantitative estimate of drug-likeness (QED) is 0.370. The van der Waals surface area contributed by atoms with Gasteiger partial charge in [-0.25, -0.2) is 14.3 Å². The number of rotatable bonds is 7. The minimum Gasteiger partial charge on any atom is -0.495 e. The third-order valence-corrected chi connectivity index (χ3v) is 7.85. The molecule has 38 heavy (non-hydrogen) atoms. The molecule has 2 saturated heterocycles. The van der Waals surface area contributed by atoms with Crippen LogP contribution in [0, 0.1) is 22.7 Å². The highest BCUT2D eigenvalue weighted by Gasteiger charge is 2.37. The van der Waals surface area contributed by atoms with Gasteiger partial charge in [0, 0.05) is 31.3 Å². The van der Waals surface area contributed by atoms with Crippen molar-refractivity contribution < 1.29 is 13.9 Å². The number of piperidine rings is 1. The van der Waals surface area contributed by atoms with Gasteiger partial charge in [-0.15, -0.1) is 0 Å². The Morgan fingerprint density at radius 2 is 2.11 bits per heavy atom. The minimum absolute atomic E-state index is 0.0231. The van der Waals surface area contributed by atoms with Crippen molar-refractivity contribution in [2.75, 3.05) is 63.8 Å². The molecule has 0 aromatic heterocycles. The van der Waals surface area contributed by atoms with Gasteiger partial charge in [-0.1, -0.05) is 23.8 Å². The number of nitriles is 1. The van der Waals surface area contributed by atoms with E-state index in [4.69, 9.17) is 21.1 Å². The molecule has 0 aliphatic carbocycles. The highest BCUT2D eigenvalue weighted by atomic mass is 35.5. The summed E-state index contributed by atoms with van der Waals surface area (Å²) in [6.45, 7) is 5.87. The zero-order valence-electron chi connectivity index (χ0n) is 21.5. The fourth-order valence-corrected chi connectivity index (χ4v) is 5.39. The molecule has 2 aromatic rings. The Morgan fingerprint density at radius 1 is 1.26 bits per heavy atom. The average molecular weight is 539 g/mol. The zero-order chi connectivity index (χ0) is 26.5. The van der Waals surface area contributed by atoms with Crippen molar-refractivity contribution in [3.05, 3.63) is 58.9 Å². The lowest BCUT2D eigenvalue weighted by molar-refractivity contribution is 0.0860. The van der Waals surface area contributed by atoms with Crippen LogP contribution in [0.5, 0.6) is 5.75 Å². The number of aliphatic imine (C=N–C) groups is 1. The van der Waals surface area contributed by atoms with Crippen LogP contribution in [0.2, 0.25) is 5.02 Å². The lowest BCUT2D eigenvalue weighted by Gasteiger charge is -2.37. The van der Waals surface area contributed by atoms with E-state index in [1.807, 2.05) is 12.1 Å². The second-order valence-corrected chi connectivity index (χ2v) is 10.4. The van der Waals surface area contributed by atoms with E-state index in [2.05, 4.69) is 38.9 Å². The normalized spacial score (nSPS) is 19.9. The van der Waals surface area contributed by atoms with Crippen LogP contribution < -0.4 is 15.4 Å². The smallest absolute Gasteiger partial charge is 0.187 e. The average Bonchev–Trinajstić information content (AvgIpc) is 3.39. The molecule has 1 spiro atoms. The fourth-order valence-electron chi connectivity index (χ4n) is 5.21. The number of ether oxygens (including phenoxy) is 2. The van der Waals surface area contributed by atoms with Gasteiger partial charge in [-0.3, -0.25) is 4.90 Å². The molecule has 0 saturated carbocycles. The molecule has 3 aliphatic rings. The van der Waals surface area contributed by atoms with Crippen molar-refractivity contribution >= 4 is 34.5 Å². The number of halogens is 2. The Kier molecular flexibility index (Phi) is 8.03. The number of hydrogen-bond acceptors (Lipinski definition) is 7. The Hall–Kier alpha value is -3.32. The number of anilines is 2. The number of methoxy groups -OCH3 is 1. The van der Waals surface area contributed by atoms with Crippen LogP contribution in [-0.4, -0.2) is 68.8 Å². The van der Waals surface area contributed by atoms with Gasteiger partial charge in [0.1, 0.15) is 18.2 Å².